The Hall–Kier alpha value is -0.630. The zero-order chi connectivity index (χ0) is 13.7. The monoisotopic (exact) mass is 265 g/mol. The highest BCUT2D eigenvalue weighted by Gasteiger charge is 2.32. The van der Waals surface area contributed by atoms with Crippen LogP contribution in [0.3, 0.4) is 0 Å². The van der Waals surface area contributed by atoms with Gasteiger partial charge in [0.1, 0.15) is 5.54 Å². The van der Waals surface area contributed by atoms with Crippen molar-refractivity contribution in [3.8, 4) is 6.07 Å². The van der Waals surface area contributed by atoms with Crippen LogP contribution in [0.25, 0.3) is 0 Å². The summed E-state index contributed by atoms with van der Waals surface area (Å²) in [6.45, 7) is 8.12. The Kier molecular flexibility index (Phi) is 5.20. The molecule has 2 atom stereocenters. The molecule has 2 unspecified atom stereocenters. The van der Waals surface area contributed by atoms with Crippen LogP contribution in [-0.4, -0.2) is 48.8 Å². The van der Waals surface area contributed by atoms with Crippen LogP contribution < -0.4 is 5.32 Å². The van der Waals surface area contributed by atoms with Crippen molar-refractivity contribution in [2.24, 2.45) is 0 Å². The third-order valence-corrected chi connectivity index (χ3v) is 4.29. The highest BCUT2D eigenvalue weighted by Crippen LogP contribution is 2.24. The first-order valence-electron chi connectivity index (χ1n) is 7.67. The van der Waals surface area contributed by atoms with Crippen LogP contribution in [0.5, 0.6) is 0 Å². The van der Waals surface area contributed by atoms with Crippen molar-refractivity contribution in [2.75, 3.05) is 26.3 Å². The van der Waals surface area contributed by atoms with Crippen molar-refractivity contribution in [1.29, 1.82) is 5.26 Å². The van der Waals surface area contributed by atoms with Gasteiger partial charge in [-0.05, 0) is 45.6 Å². The van der Waals surface area contributed by atoms with Gasteiger partial charge in [-0.1, -0.05) is 6.92 Å². The van der Waals surface area contributed by atoms with Gasteiger partial charge < -0.3 is 4.74 Å². The van der Waals surface area contributed by atoms with E-state index in [1.165, 1.54) is 12.8 Å². The summed E-state index contributed by atoms with van der Waals surface area (Å²) in [4.78, 5) is 2.53. The molecule has 4 heteroatoms. The van der Waals surface area contributed by atoms with E-state index in [9.17, 15) is 5.26 Å². The van der Waals surface area contributed by atoms with Gasteiger partial charge in [-0.3, -0.25) is 10.2 Å². The molecule has 0 radical (unpaired) electrons. The second-order valence-corrected chi connectivity index (χ2v) is 6.14. The summed E-state index contributed by atoms with van der Waals surface area (Å²) < 4.78 is 5.53. The van der Waals surface area contributed by atoms with E-state index in [1.54, 1.807) is 0 Å². The number of hydrogen-bond donors (Lipinski definition) is 1. The Morgan fingerprint density at radius 1 is 1.47 bits per heavy atom. The summed E-state index contributed by atoms with van der Waals surface area (Å²) in [5, 5.41) is 12.8. The largest absolute Gasteiger partial charge is 0.378 e. The van der Waals surface area contributed by atoms with Crippen LogP contribution in [0.2, 0.25) is 0 Å². The molecular formula is C15H27N3O. The van der Waals surface area contributed by atoms with E-state index in [0.717, 1.165) is 45.6 Å². The van der Waals surface area contributed by atoms with Crippen LogP contribution in [-0.2, 0) is 4.74 Å². The highest BCUT2D eigenvalue weighted by molar-refractivity contribution is 5.07. The van der Waals surface area contributed by atoms with Crippen LogP contribution in [0.1, 0.15) is 46.0 Å². The maximum Gasteiger partial charge on any atom is 0.104 e. The van der Waals surface area contributed by atoms with Gasteiger partial charge in [-0.15, -0.1) is 0 Å². The molecule has 1 saturated heterocycles. The molecule has 1 saturated carbocycles. The van der Waals surface area contributed by atoms with Crippen molar-refractivity contribution >= 4 is 0 Å². The predicted molar refractivity (Wildman–Crippen MR) is 75.9 cm³/mol. The molecule has 2 fully saturated rings. The second-order valence-electron chi connectivity index (χ2n) is 6.14. The summed E-state index contributed by atoms with van der Waals surface area (Å²) in [6, 6.07) is 3.62. The number of nitrogens with zero attached hydrogens (tertiary/aromatic N) is 2. The summed E-state index contributed by atoms with van der Waals surface area (Å²) in [6.07, 6.45) is 5.64. The number of rotatable bonds is 7. The lowest BCUT2D eigenvalue weighted by Crippen LogP contribution is -2.47. The Balaban J connectivity index is 1.73. The first kappa shape index (κ1) is 14.8. The molecule has 0 bridgehead atoms. The second kappa shape index (κ2) is 6.69. The fourth-order valence-electron chi connectivity index (χ4n) is 2.83. The molecule has 0 spiro atoms. The molecule has 19 heavy (non-hydrogen) atoms. The Labute approximate surface area is 117 Å². The molecule has 2 rings (SSSR count). The molecular weight excluding hydrogens is 238 g/mol. The fraction of sp³-hybridized carbons (Fsp3) is 0.933. The van der Waals surface area contributed by atoms with Gasteiger partial charge in [-0.2, -0.15) is 5.26 Å². The molecule has 2 aliphatic rings. The normalized spacial score (nSPS) is 27.7. The lowest BCUT2D eigenvalue weighted by Gasteiger charge is -2.35. The average molecular weight is 265 g/mol. The van der Waals surface area contributed by atoms with Gasteiger partial charge in [0.2, 0.25) is 0 Å². The van der Waals surface area contributed by atoms with Crippen molar-refractivity contribution < 1.29 is 4.74 Å². The van der Waals surface area contributed by atoms with Crippen LogP contribution in [0.4, 0.5) is 0 Å². The molecule has 1 N–H and O–H groups in total. The number of nitriles is 1. The van der Waals surface area contributed by atoms with E-state index >= 15 is 0 Å². The molecule has 1 aliphatic heterocycles. The van der Waals surface area contributed by atoms with E-state index < -0.39 is 0 Å². The van der Waals surface area contributed by atoms with Crippen molar-refractivity contribution in [3.05, 3.63) is 0 Å². The van der Waals surface area contributed by atoms with Crippen molar-refractivity contribution in [2.45, 2.75) is 63.6 Å². The van der Waals surface area contributed by atoms with Crippen LogP contribution in [0, 0.1) is 11.3 Å². The predicted octanol–water partition coefficient (Wildman–Crippen LogP) is 1.91. The van der Waals surface area contributed by atoms with Crippen LogP contribution in [0.15, 0.2) is 0 Å². The maximum atomic E-state index is 9.35. The van der Waals surface area contributed by atoms with Gasteiger partial charge >= 0.3 is 0 Å². The average Bonchev–Trinajstić information content (AvgIpc) is 3.23. The minimum absolute atomic E-state index is 0.338. The third kappa shape index (κ3) is 4.45. The molecule has 0 amide bonds. The Morgan fingerprint density at radius 3 is 2.89 bits per heavy atom. The number of ether oxygens (including phenoxy) is 1. The van der Waals surface area contributed by atoms with E-state index in [1.807, 2.05) is 6.92 Å². The molecule has 1 aliphatic carbocycles. The van der Waals surface area contributed by atoms with E-state index in [-0.39, 0.29) is 5.54 Å². The first-order valence-corrected chi connectivity index (χ1v) is 7.67. The lowest BCUT2D eigenvalue weighted by molar-refractivity contribution is -0.00959. The minimum Gasteiger partial charge on any atom is -0.378 e. The van der Waals surface area contributed by atoms with Gasteiger partial charge in [0.05, 0.1) is 19.3 Å². The maximum absolute atomic E-state index is 9.35. The van der Waals surface area contributed by atoms with E-state index in [2.05, 4.69) is 23.2 Å². The summed E-state index contributed by atoms with van der Waals surface area (Å²) >= 11 is 0. The topological polar surface area (TPSA) is 48.3 Å². The lowest BCUT2D eigenvalue weighted by atomic mass is 9.97. The Morgan fingerprint density at radius 2 is 2.26 bits per heavy atom. The molecule has 1 heterocycles. The smallest absolute Gasteiger partial charge is 0.104 e. The standard InChI is InChI=1S/C15H27N3O/c1-3-14-11-19-10-9-18(14)8-4-7-15(2,12-16)17-13-5-6-13/h13-14,17H,3-11H2,1-2H3. The van der Waals surface area contributed by atoms with E-state index in [4.69, 9.17) is 4.74 Å². The molecule has 108 valence electrons. The zero-order valence-corrected chi connectivity index (χ0v) is 12.3. The Bertz CT molecular complexity index is 324. The molecule has 4 nitrogen and oxygen atoms in total. The van der Waals surface area contributed by atoms with Gasteiger partial charge in [0.25, 0.3) is 0 Å². The van der Waals surface area contributed by atoms with Crippen molar-refractivity contribution in [1.82, 2.24) is 10.2 Å². The SMILES string of the molecule is CCC1COCCN1CCCC(C)(C#N)NC1CC1. The number of morpholine rings is 1. The van der Waals surface area contributed by atoms with Crippen LogP contribution >= 0.6 is 0 Å². The number of hydrogen-bond acceptors (Lipinski definition) is 4. The quantitative estimate of drug-likeness (QED) is 0.764. The molecule has 0 aromatic rings. The zero-order valence-electron chi connectivity index (χ0n) is 12.3. The van der Waals surface area contributed by atoms with Gasteiger partial charge in [0.15, 0.2) is 0 Å². The first-order chi connectivity index (χ1) is 9.17. The summed E-state index contributed by atoms with van der Waals surface area (Å²) in [7, 11) is 0. The number of nitrogens with one attached hydrogen (secondary N) is 1. The summed E-state index contributed by atoms with van der Waals surface area (Å²) in [5.74, 6) is 0. The van der Waals surface area contributed by atoms with Gasteiger partial charge in [0, 0.05) is 18.6 Å². The highest BCUT2D eigenvalue weighted by atomic mass is 16.5. The minimum atomic E-state index is -0.338. The van der Waals surface area contributed by atoms with Crippen molar-refractivity contribution in [3.63, 3.8) is 0 Å². The third-order valence-electron chi connectivity index (χ3n) is 4.29. The van der Waals surface area contributed by atoms with E-state index in [0.29, 0.717) is 12.1 Å². The summed E-state index contributed by atoms with van der Waals surface area (Å²) in [5.41, 5.74) is -0.338. The fourth-order valence-corrected chi connectivity index (χ4v) is 2.83. The molecule has 0 aromatic heterocycles. The van der Waals surface area contributed by atoms with Gasteiger partial charge in [-0.25, -0.2) is 0 Å². The molecule has 0 aromatic carbocycles.